The van der Waals surface area contributed by atoms with Crippen LogP contribution >= 0.6 is 12.4 Å². The van der Waals surface area contributed by atoms with E-state index >= 15 is 0 Å². The van der Waals surface area contributed by atoms with Crippen LogP contribution in [-0.2, 0) is 10.0 Å². The van der Waals surface area contributed by atoms with Gasteiger partial charge in [0.1, 0.15) is 5.75 Å². The first-order valence-electron chi connectivity index (χ1n) is 6.43. The van der Waals surface area contributed by atoms with E-state index in [9.17, 15) is 18.5 Å². The molecule has 0 amide bonds. The van der Waals surface area contributed by atoms with Crippen molar-refractivity contribution in [2.24, 2.45) is 0 Å². The summed E-state index contributed by atoms with van der Waals surface area (Å²) in [7, 11) is -2.55. The van der Waals surface area contributed by atoms with Crippen LogP contribution in [0.3, 0.4) is 0 Å². The molecule has 0 bridgehead atoms. The first-order valence-corrected chi connectivity index (χ1v) is 7.87. The lowest BCUT2D eigenvalue weighted by molar-refractivity contribution is -0.387. The largest absolute Gasteiger partial charge is 0.497 e. The fourth-order valence-corrected chi connectivity index (χ4v) is 4.06. The minimum Gasteiger partial charge on any atom is -0.497 e. The van der Waals surface area contributed by atoms with E-state index in [0.717, 1.165) is 6.07 Å². The lowest BCUT2D eigenvalue weighted by atomic mass is 10.3. The first kappa shape index (κ1) is 18.6. The topological polar surface area (TPSA) is 102 Å². The van der Waals surface area contributed by atoms with Gasteiger partial charge in [-0.3, -0.25) is 10.1 Å². The van der Waals surface area contributed by atoms with Crippen molar-refractivity contribution in [3.05, 3.63) is 28.3 Å². The van der Waals surface area contributed by atoms with Gasteiger partial charge in [0.2, 0.25) is 10.0 Å². The van der Waals surface area contributed by atoms with Gasteiger partial charge in [-0.15, -0.1) is 12.4 Å². The van der Waals surface area contributed by atoms with Crippen LogP contribution < -0.4 is 10.1 Å². The molecule has 0 aromatic heterocycles. The van der Waals surface area contributed by atoms with Gasteiger partial charge in [0.15, 0.2) is 4.90 Å². The van der Waals surface area contributed by atoms with E-state index < -0.39 is 20.6 Å². The van der Waals surface area contributed by atoms with Gasteiger partial charge in [-0.1, -0.05) is 0 Å². The quantitative estimate of drug-likeness (QED) is 0.641. The molecule has 22 heavy (non-hydrogen) atoms. The molecule has 0 unspecified atom stereocenters. The summed E-state index contributed by atoms with van der Waals surface area (Å²) in [5, 5.41) is 14.2. The minimum absolute atomic E-state index is 0. The highest BCUT2D eigenvalue weighted by Crippen LogP contribution is 2.31. The third kappa shape index (κ3) is 3.49. The number of nitrogens with zero attached hydrogens (tertiary/aromatic N) is 2. The monoisotopic (exact) mass is 351 g/mol. The van der Waals surface area contributed by atoms with Crippen molar-refractivity contribution in [2.45, 2.75) is 17.9 Å². The number of nitro benzene ring substituents is 1. The summed E-state index contributed by atoms with van der Waals surface area (Å²) in [5.74, 6) is 0.244. The van der Waals surface area contributed by atoms with E-state index in [4.69, 9.17) is 4.74 Å². The Hall–Kier alpha value is -1.42. The average Bonchev–Trinajstić information content (AvgIpc) is 2.46. The Balaban J connectivity index is 0.00000242. The second kappa shape index (κ2) is 7.23. The van der Waals surface area contributed by atoms with Crippen LogP contribution in [0.15, 0.2) is 23.1 Å². The molecule has 1 aromatic carbocycles. The van der Waals surface area contributed by atoms with Crippen molar-refractivity contribution in [3.8, 4) is 5.75 Å². The average molecular weight is 352 g/mol. The molecule has 1 atom stereocenters. The summed E-state index contributed by atoms with van der Waals surface area (Å²) in [5.41, 5.74) is -0.472. The summed E-state index contributed by atoms with van der Waals surface area (Å²) in [6, 6.07) is 3.50. The van der Waals surface area contributed by atoms with Crippen molar-refractivity contribution in [3.63, 3.8) is 0 Å². The molecule has 8 nitrogen and oxygen atoms in total. The molecule has 0 radical (unpaired) electrons. The summed E-state index contributed by atoms with van der Waals surface area (Å²) in [4.78, 5) is 10.1. The maximum absolute atomic E-state index is 12.7. The van der Waals surface area contributed by atoms with Gasteiger partial charge in [0.05, 0.1) is 18.1 Å². The van der Waals surface area contributed by atoms with Gasteiger partial charge < -0.3 is 10.1 Å². The predicted octanol–water partition coefficient (Wildman–Crippen LogP) is 1.01. The van der Waals surface area contributed by atoms with Gasteiger partial charge in [-0.2, -0.15) is 4.31 Å². The Labute approximate surface area is 135 Å². The fourth-order valence-electron chi connectivity index (χ4n) is 2.29. The fraction of sp³-hybridized carbons (Fsp3) is 0.500. The number of hydrogen-bond donors (Lipinski definition) is 1. The van der Waals surface area contributed by atoms with Crippen molar-refractivity contribution in [1.29, 1.82) is 0 Å². The van der Waals surface area contributed by atoms with E-state index in [1.54, 1.807) is 6.92 Å². The number of hydrogen-bond acceptors (Lipinski definition) is 6. The van der Waals surface area contributed by atoms with Crippen LogP contribution in [-0.4, -0.2) is 50.4 Å². The van der Waals surface area contributed by atoms with Gasteiger partial charge in [-0.25, -0.2) is 8.42 Å². The van der Waals surface area contributed by atoms with Crippen LogP contribution in [0.25, 0.3) is 0 Å². The Bertz CT molecular complexity index is 652. The SMILES string of the molecule is COc1ccc(S(=O)(=O)N2CCNC[C@H]2C)c([N+](=O)[O-])c1.Cl. The molecule has 1 saturated heterocycles. The van der Waals surface area contributed by atoms with Crippen LogP contribution in [0.4, 0.5) is 5.69 Å². The molecule has 1 aliphatic rings. The lowest BCUT2D eigenvalue weighted by Gasteiger charge is -2.32. The number of ether oxygens (including phenoxy) is 1. The van der Waals surface area contributed by atoms with Crippen molar-refractivity contribution in [1.82, 2.24) is 9.62 Å². The van der Waals surface area contributed by atoms with E-state index in [2.05, 4.69) is 5.32 Å². The molecule has 1 heterocycles. The zero-order chi connectivity index (χ0) is 15.6. The van der Waals surface area contributed by atoms with Crippen LogP contribution in [0.1, 0.15) is 6.92 Å². The Morgan fingerprint density at radius 3 is 2.68 bits per heavy atom. The maximum Gasteiger partial charge on any atom is 0.293 e. The predicted molar refractivity (Wildman–Crippen MR) is 83.1 cm³/mol. The molecule has 1 N–H and O–H groups in total. The van der Waals surface area contributed by atoms with Crippen molar-refractivity contribution >= 4 is 28.1 Å². The highest BCUT2D eigenvalue weighted by molar-refractivity contribution is 7.89. The smallest absolute Gasteiger partial charge is 0.293 e. The van der Waals surface area contributed by atoms with Gasteiger partial charge in [-0.05, 0) is 19.1 Å². The van der Waals surface area contributed by atoms with Crippen molar-refractivity contribution < 1.29 is 18.1 Å². The first-order chi connectivity index (χ1) is 9.87. The molecule has 0 saturated carbocycles. The highest BCUT2D eigenvalue weighted by Gasteiger charge is 2.35. The summed E-state index contributed by atoms with van der Waals surface area (Å²) >= 11 is 0. The molecule has 1 aromatic rings. The van der Waals surface area contributed by atoms with Crippen LogP contribution in [0, 0.1) is 10.1 Å². The zero-order valence-electron chi connectivity index (χ0n) is 12.2. The number of nitro groups is 1. The third-order valence-electron chi connectivity index (χ3n) is 3.39. The number of rotatable bonds is 4. The normalized spacial score (nSPS) is 19.3. The molecule has 124 valence electrons. The number of nitrogens with one attached hydrogen (secondary N) is 1. The van der Waals surface area contributed by atoms with Gasteiger partial charge in [0.25, 0.3) is 5.69 Å². The lowest BCUT2D eigenvalue weighted by Crippen LogP contribution is -2.52. The van der Waals surface area contributed by atoms with Gasteiger partial charge >= 0.3 is 0 Å². The Kier molecular flexibility index (Phi) is 6.12. The Morgan fingerprint density at radius 1 is 1.45 bits per heavy atom. The molecular weight excluding hydrogens is 334 g/mol. The number of benzene rings is 1. The standard InChI is InChI=1S/C12H17N3O5S.ClH/c1-9-8-13-5-6-14(9)21(18,19)12-4-3-10(20-2)7-11(12)15(16)17;/h3-4,7,9,13H,5-6,8H2,1-2H3;1H/t9-;/m1./s1. The molecule has 1 fully saturated rings. The summed E-state index contributed by atoms with van der Waals surface area (Å²) < 4.78 is 31.6. The van der Waals surface area contributed by atoms with E-state index in [0.29, 0.717) is 13.1 Å². The third-order valence-corrected chi connectivity index (χ3v) is 5.45. The summed E-state index contributed by atoms with van der Waals surface area (Å²) in [6.45, 7) is 3.09. The molecule has 1 aliphatic heterocycles. The summed E-state index contributed by atoms with van der Waals surface area (Å²) in [6.07, 6.45) is 0. The van der Waals surface area contributed by atoms with Crippen molar-refractivity contribution in [2.75, 3.05) is 26.7 Å². The number of sulfonamides is 1. The second-order valence-corrected chi connectivity index (χ2v) is 6.62. The molecule has 10 heteroatoms. The maximum atomic E-state index is 12.7. The van der Waals surface area contributed by atoms with Crippen LogP contribution in [0.2, 0.25) is 0 Å². The Morgan fingerprint density at radius 2 is 2.14 bits per heavy atom. The number of piperazine rings is 1. The molecular formula is C12H18ClN3O5S. The zero-order valence-corrected chi connectivity index (χ0v) is 13.8. The molecule has 0 aliphatic carbocycles. The van der Waals surface area contributed by atoms with E-state index in [-0.39, 0.29) is 35.6 Å². The minimum atomic E-state index is -3.92. The van der Waals surface area contributed by atoms with Gasteiger partial charge in [0, 0.05) is 25.7 Å². The highest BCUT2D eigenvalue weighted by atomic mass is 35.5. The molecule has 2 rings (SSSR count). The number of halogens is 1. The second-order valence-electron chi connectivity index (χ2n) is 4.76. The van der Waals surface area contributed by atoms with E-state index in [1.165, 1.54) is 23.5 Å². The number of methoxy groups -OCH3 is 1. The van der Waals surface area contributed by atoms with Crippen LogP contribution in [0.5, 0.6) is 5.75 Å². The van der Waals surface area contributed by atoms with E-state index in [1.807, 2.05) is 0 Å². The molecule has 0 spiro atoms.